The third-order valence-electron chi connectivity index (χ3n) is 3.09. The summed E-state index contributed by atoms with van der Waals surface area (Å²) in [4.78, 5) is 26.6. The van der Waals surface area contributed by atoms with Crippen LogP contribution in [0.15, 0.2) is 36.4 Å². The molecule has 0 aliphatic carbocycles. The molecule has 0 radical (unpaired) electrons. The zero-order chi connectivity index (χ0) is 16.1. The van der Waals surface area contributed by atoms with Crippen molar-refractivity contribution in [1.29, 1.82) is 0 Å². The van der Waals surface area contributed by atoms with Crippen molar-refractivity contribution in [2.75, 3.05) is 6.54 Å². The summed E-state index contributed by atoms with van der Waals surface area (Å²) >= 11 is 1.52. The van der Waals surface area contributed by atoms with Gasteiger partial charge >= 0.3 is 5.97 Å². The second-order valence-electron chi connectivity index (χ2n) is 4.96. The van der Waals surface area contributed by atoms with E-state index < -0.39 is 5.97 Å². The Morgan fingerprint density at radius 1 is 1.18 bits per heavy atom. The van der Waals surface area contributed by atoms with Gasteiger partial charge < -0.3 is 10.0 Å². The van der Waals surface area contributed by atoms with Gasteiger partial charge in [0.05, 0.1) is 6.42 Å². The van der Waals surface area contributed by atoms with Crippen LogP contribution in [0, 0.1) is 12.7 Å². The maximum atomic E-state index is 12.9. The van der Waals surface area contributed by atoms with E-state index in [9.17, 15) is 14.0 Å². The molecule has 116 valence electrons. The molecule has 1 heterocycles. The van der Waals surface area contributed by atoms with E-state index >= 15 is 0 Å². The number of thiophene rings is 1. The number of carbonyl (C=O) groups is 2. The van der Waals surface area contributed by atoms with Crippen LogP contribution in [0.1, 0.15) is 15.3 Å². The van der Waals surface area contributed by atoms with E-state index in [1.165, 1.54) is 28.4 Å². The molecule has 0 atom stereocenters. The van der Waals surface area contributed by atoms with Crippen LogP contribution in [0.25, 0.3) is 0 Å². The number of rotatable bonds is 6. The van der Waals surface area contributed by atoms with Gasteiger partial charge in [-0.2, -0.15) is 0 Å². The summed E-state index contributed by atoms with van der Waals surface area (Å²) in [7, 11) is 0. The number of carbonyl (C=O) groups excluding carboxylic acids is 1. The molecule has 1 aromatic heterocycles. The molecule has 0 spiro atoms. The van der Waals surface area contributed by atoms with Gasteiger partial charge in [0.15, 0.2) is 0 Å². The molecule has 0 unspecified atom stereocenters. The summed E-state index contributed by atoms with van der Waals surface area (Å²) in [5.74, 6) is -1.69. The Morgan fingerprint density at radius 2 is 1.86 bits per heavy atom. The maximum Gasteiger partial charge on any atom is 0.323 e. The van der Waals surface area contributed by atoms with Crippen LogP contribution in [0.5, 0.6) is 0 Å². The first-order valence-corrected chi connectivity index (χ1v) is 7.55. The molecule has 4 nitrogen and oxygen atoms in total. The fourth-order valence-corrected chi connectivity index (χ4v) is 2.93. The maximum absolute atomic E-state index is 12.9. The number of halogens is 1. The third kappa shape index (κ3) is 4.66. The van der Waals surface area contributed by atoms with Gasteiger partial charge in [0.2, 0.25) is 5.91 Å². The largest absolute Gasteiger partial charge is 0.480 e. The minimum atomic E-state index is -1.07. The third-order valence-corrected chi connectivity index (χ3v) is 4.09. The fourth-order valence-electron chi connectivity index (χ4n) is 2.05. The first kappa shape index (κ1) is 16.2. The van der Waals surface area contributed by atoms with E-state index in [-0.39, 0.29) is 31.2 Å². The molecule has 1 amide bonds. The molecule has 2 rings (SSSR count). The van der Waals surface area contributed by atoms with Crippen molar-refractivity contribution in [2.24, 2.45) is 0 Å². The fraction of sp³-hybridized carbons (Fsp3) is 0.250. The highest BCUT2D eigenvalue weighted by molar-refractivity contribution is 7.12. The van der Waals surface area contributed by atoms with Gasteiger partial charge in [-0.3, -0.25) is 9.59 Å². The Bertz CT molecular complexity index is 666. The molecule has 6 heteroatoms. The number of carboxylic acid groups (broad SMARTS) is 1. The molecule has 0 bridgehead atoms. The molecule has 0 aliphatic heterocycles. The van der Waals surface area contributed by atoms with E-state index in [0.717, 1.165) is 9.75 Å². The van der Waals surface area contributed by atoms with Gasteiger partial charge in [-0.05, 0) is 36.8 Å². The number of carboxylic acids is 1. The van der Waals surface area contributed by atoms with Crippen LogP contribution in [0.4, 0.5) is 4.39 Å². The highest BCUT2D eigenvalue weighted by Crippen LogP contribution is 2.17. The van der Waals surface area contributed by atoms with Gasteiger partial charge in [0.25, 0.3) is 0 Å². The molecule has 1 aromatic carbocycles. The van der Waals surface area contributed by atoms with Gasteiger partial charge in [-0.1, -0.05) is 12.1 Å². The minimum absolute atomic E-state index is 0.149. The average Bonchev–Trinajstić information content (AvgIpc) is 2.85. The summed E-state index contributed by atoms with van der Waals surface area (Å²) in [5.41, 5.74) is 0.693. The first-order chi connectivity index (χ1) is 10.4. The standard InChI is InChI=1S/C16H16FNO3S/c1-11-2-7-14(22-11)8-15(19)18(10-16(20)21)9-12-3-5-13(17)6-4-12/h2-7H,8-10H2,1H3,(H,20,21). The van der Waals surface area contributed by atoms with Crippen LogP contribution in [0.2, 0.25) is 0 Å². The molecule has 2 aromatic rings. The summed E-state index contributed by atoms with van der Waals surface area (Å²) in [6.07, 6.45) is 0.174. The normalized spacial score (nSPS) is 10.5. The topological polar surface area (TPSA) is 57.6 Å². The lowest BCUT2D eigenvalue weighted by Crippen LogP contribution is -2.36. The van der Waals surface area contributed by atoms with Crippen LogP contribution in [-0.2, 0) is 22.6 Å². The lowest BCUT2D eigenvalue weighted by molar-refractivity contribution is -0.144. The number of hydrogen-bond acceptors (Lipinski definition) is 3. The Kier molecular flexibility index (Phi) is 5.27. The van der Waals surface area contributed by atoms with Crippen molar-refractivity contribution in [3.8, 4) is 0 Å². The van der Waals surface area contributed by atoms with E-state index in [0.29, 0.717) is 5.56 Å². The Morgan fingerprint density at radius 3 is 2.41 bits per heavy atom. The van der Waals surface area contributed by atoms with Gasteiger partial charge in [-0.25, -0.2) is 4.39 Å². The van der Waals surface area contributed by atoms with Crippen LogP contribution >= 0.6 is 11.3 Å². The van der Waals surface area contributed by atoms with Crippen molar-refractivity contribution < 1.29 is 19.1 Å². The van der Waals surface area contributed by atoms with Crippen molar-refractivity contribution in [3.05, 3.63) is 57.5 Å². The van der Waals surface area contributed by atoms with Crippen molar-refractivity contribution >= 4 is 23.2 Å². The predicted molar refractivity (Wildman–Crippen MR) is 82.2 cm³/mol. The average molecular weight is 321 g/mol. The zero-order valence-corrected chi connectivity index (χ0v) is 12.9. The van der Waals surface area contributed by atoms with E-state index in [4.69, 9.17) is 5.11 Å². The van der Waals surface area contributed by atoms with Gasteiger partial charge in [0.1, 0.15) is 12.4 Å². The smallest absolute Gasteiger partial charge is 0.323 e. The molecular weight excluding hydrogens is 305 g/mol. The Balaban J connectivity index is 2.09. The number of aryl methyl sites for hydroxylation is 1. The molecule has 0 aliphatic rings. The van der Waals surface area contributed by atoms with Crippen molar-refractivity contribution in [1.82, 2.24) is 4.90 Å². The second kappa shape index (κ2) is 7.17. The van der Waals surface area contributed by atoms with Crippen LogP contribution in [0.3, 0.4) is 0 Å². The van der Waals surface area contributed by atoms with Crippen LogP contribution in [-0.4, -0.2) is 28.4 Å². The Labute approximate surface area is 131 Å². The lowest BCUT2D eigenvalue weighted by Gasteiger charge is -2.20. The minimum Gasteiger partial charge on any atom is -0.480 e. The lowest BCUT2D eigenvalue weighted by atomic mass is 10.2. The molecule has 0 fully saturated rings. The first-order valence-electron chi connectivity index (χ1n) is 6.73. The Hall–Kier alpha value is -2.21. The predicted octanol–water partition coefficient (Wildman–Crippen LogP) is 2.85. The molecular formula is C16H16FNO3S. The summed E-state index contributed by atoms with van der Waals surface area (Å²) < 4.78 is 12.9. The summed E-state index contributed by atoms with van der Waals surface area (Å²) in [5, 5.41) is 8.97. The highest BCUT2D eigenvalue weighted by atomic mass is 32.1. The number of hydrogen-bond donors (Lipinski definition) is 1. The zero-order valence-electron chi connectivity index (χ0n) is 12.1. The monoisotopic (exact) mass is 321 g/mol. The van der Waals surface area contributed by atoms with Crippen molar-refractivity contribution in [3.63, 3.8) is 0 Å². The van der Waals surface area contributed by atoms with Crippen LogP contribution < -0.4 is 0 Å². The quantitative estimate of drug-likeness (QED) is 0.890. The van der Waals surface area contributed by atoms with Gasteiger partial charge in [-0.15, -0.1) is 11.3 Å². The van der Waals surface area contributed by atoms with E-state index in [1.807, 2.05) is 19.1 Å². The number of benzene rings is 1. The van der Waals surface area contributed by atoms with E-state index in [1.54, 1.807) is 12.1 Å². The molecule has 0 saturated carbocycles. The molecule has 22 heavy (non-hydrogen) atoms. The van der Waals surface area contributed by atoms with Crippen molar-refractivity contribution in [2.45, 2.75) is 19.9 Å². The molecule has 0 saturated heterocycles. The highest BCUT2D eigenvalue weighted by Gasteiger charge is 2.18. The summed E-state index contributed by atoms with van der Waals surface area (Å²) in [6.45, 7) is 1.72. The summed E-state index contributed by atoms with van der Waals surface area (Å²) in [6, 6.07) is 9.48. The second-order valence-corrected chi connectivity index (χ2v) is 6.33. The molecule has 1 N–H and O–H groups in total. The number of aliphatic carboxylic acids is 1. The SMILES string of the molecule is Cc1ccc(CC(=O)N(CC(=O)O)Cc2ccc(F)cc2)s1. The van der Waals surface area contributed by atoms with E-state index in [2.05, 4.69) is 0 Å². The van der Waals surface area contributed by atoms with Gasteiger partial charge in [0, 0.05) is 16.3 Å². The number of amides is 1. The number of nitrogens with zero attached hydrogens (tertiary/aromatic N) is 1.